The summed E-state index contributed by atoms with van der Waals surface area (Å²) < 4.78 is 1.15. The van der Waals surface area contributed by atoms with Gasteiger partial charge < -0.3 is 9.90 Å². The van der Waals surface area contributed by atoms with E-state index in [2.05, 4.69) is 4.98 Å². The monoisotopic (exact) mass is 204 g/mol. The fraction of sp³-hybridized carbons (Fsp3) is 0.100. The minimum atomic E-state index is -0.412. The molecular weight excluding hydrogens is 196 g/mol. The average molecular weight is 204 g/mol. The first kappa shape index (κ1) is 9.39. The summed E-state index contributed by atoms with van der Waals surface area (Å²) in [5.74, 6) is -0.120. The minimum Gasteiger partial charge on any atom is -0.507 e. The molecule has 0 aliphatic heterocycles. The summed E-state index contributed by atoms with van der Waals surface area (Å²) in [5.41, 5.74) is 0.00680. The van der Waals surface area contributed by atoms with Gasteiger partial charge in [0.15, 0.2) is 0 Å². The molecule has 76 valence electrons. The average Bonchev–Trinajstić information content (AvgIpc) is 2.22. The molecule has 1 aromatic heterocycles. The van der Waals surface area contributed by atoms with E-state index in [0.717, 1.165) is 4.57 Å². The largest absolute Gasteiger partial charge is 0.507 e. The van der Waals surface area contributed by atoms with Crippen LogP contribution in [-0.2, 0) is 11.3 Å². The Hall–Kier alpha value is -2.17. The number of nitrogens with zero attached hydrogens (tertiary/aromatic N) is 2. The Balaban J connectivity index is 2.83. The highest BCUT2D eigenvalue weighted by Gasteiger charge is 2.07. The Morgan fingerprint density at radius 2 is 2.27 bits per heavy atom. The summed E-state index contributed by atoms with van der Waals surface area (Å²) in [6.07, 6.45) is 1.90. The molecule has 0 aliphatic carbocycles. The van der Waals surface area contributed by atoms with Gasteiger partial charge in [-0.2, -0.15) is 0 Å². The van der Waals surface area contributed by atoms with Gasteiger partial charge in [-0.1, -0.05) is 6.07 Å². The van der Waals surface area contributed by atoms with E-state index in [1.165, 1.54) is 12.4 Å². The number of aromatic nitrogens is 2. The Bertz CT molecular complexity index is 574. The molecule has 0 saturated heterocycles. The maximum absolute atomic E-state index is 11.7. The second kappa shape index (κ2) is 3.53. The van der Waals surface area contributed by atoms with Crippen molar-refractivity contribution in [3.8, 4) is 5.75 Å². The molecule has 0 unspecified atom stereocenters. The van der Waals surface area contributed by atoms with E-state index in [-0.39, 0.29) is 17.7 Å². The number of fused-ring (bicyclic) bond motifs is 1. The van der Waals surface area contributed by atoms with Crippen LogP contribution in [0.4, 0.5) is 0 Å². The van der Waals surface area contributed by atoms with Gasteiger partial charge in [-0.25, -0.2) is 4.98 Å². The number of aromatic hydroxyl groups is 1. The Morgan fingerprint density at radius 3 is 3.00 bits per heavy atom. The molecule has 0 fully saturated rings. The summed E-state index contributed by atoms with van der Waals surface area (Å²) in [5, 5.41) is 9.64. The fourth-order valence-corrected chi connectivity index (χ4v) is 1.39. The van der Waals surface area contributed by atoms with Crippen LogP contribution in [0.2, 0.25) is 0 Å². The van der Waals surface area contributed by atoms with Crippen LogP contribution in [0.3, 0.4) is 0 Å². The number of carbonyl (C=O) groups excluding carboxylic acids is 1. The zero-order chi connectivity index (χ0) is 10.8. The Kier molecular flexibility index (Phi) is 2.21. The lowest BCUT2D eigenvalue weighted by Gasteiger charge is -2.03. The first-order valence-electron chi connectivity index (χ1n) is 4.35. The molecule has 0 saturated carbocycles. The second-order valence-electron chi connectivity index (χ2n) is 3.04. The number of phenolic OH excluding ortho intramolecular Hbond substituents is 1. The highest BCUT2D eigenvalue weighted by molar-refractivity contribution is 5.83. The lowest BCUT2D eigenvalue weighted by Crippen LogP contribution is -2.21. The molecule has 0 amide bonds. The highest BCUT2D eigenvalue weighted by Crippen LogP contribution is 2.17. The van der Waals surface area contributed by atoms with E-state index < -0.39 is 5.56 Å². The zero-order valence-electron chi connectivity index (χ0n) is 7.75. The first-order chi connectivity index (χ1) is 7.24. The quantitative estimate of drug-likeness (QED) is 0.714. The van der Waals surface area contributed by atoms with E-state index in [1.807, 2.05) is 0 Å². The number of rotatable bonds is 2. The highest BCUT2D eigenvalue weighted by atomic mass is 16.3. The molecule has 0 spiro atoms. The molecular formula is C10H8N2O3. The predicted octanol–water partition coefficient (Wildman–Crippen LogP) is 0.301. The lowest BCUT2D eigenvalue weighted by molar-refractivity contribution is -0.108. The topological polar surface area (TPSA) is 72.2 Å². The van der Waals surface area contributed by atoms with Crippen LogP contribution in [0.5, 0.6) is 5.75 Å². The second-order valence-corrected chi connectivity index (χ2v) is 3.04. The summed E-state index contributed by atoms with van der Waals surface area (Å²) in [4.78, 5) is 26.0. The van der Waals surface area contributed by atoms with Gasteiger partial charge >= 0.3 is 0 Å². The van der Waals surface area contributed by atoms with Crippen LogP contribution in [0.25, 0.3) is 10.9 Å². The third-order valence-corrected chi connectivity index (χ3v) is 2.10. The van der Waals surface area contributed by atoms with E-state index in [9.17, 15) is 14.7 Å². The van der Waals surface area contributed by atoms with Crippen LogP contribution in [0, 0.1) is 0 Å². The molecule has 0 radical (unpaired) electrons. The van der Waals surface area contributed by atoms with Crippen molar-refractivity contribution in [1.82, 2.24) is 9.55 Å². The summed E-state index contributed by atoms with van der Waals surface area (Å²) in [6.45, 7) is -0.0594. The zero-order valence-corrected chi connectivity index (χ0v) is 7.75. The van der Waals surface area contributed by atoms with Crippen molar-refractivity contribution < 1.29 is 9.90 Å². The van der Waals surface area contributed by atoms with Crippen molar-refractivity contribution in [2.24, 2.45) is 0 Å². The molecule has 1 aromatic carbocycles. The standard InChI is InChI=1S/C10H8N2O3/c13-5-4-12-6-11-7-2-1-3-8(14)9(7)10(12)15/h1-3,5-6,14H,4H2. The van der Waals surface area contributed by atoms with Crippen LogP contribution in [0.15, 0.2) is 29.3 Å². The smallest absolute Gasteiger partial charge is 0.265 e. The normalized spacial score (nSPS) is 10.4. The van der Waals surface area contributed by atoms with Crippen LogP contribution in [-0.4, -0.2) is 20.9 Å². The Labute approximate surface area is 84.6 Å². The fourth-order valence-electron chi connectivity index (χ4n) is 1.39. The van der Waals surface area contributed by atoms with Crippen molar-refractivity contribution >= 4 is 17.2 Å². The number of phenols is 1. The van der Waals surface area contributed by atoms with Crippen LogP contribution in [0.1, 0.15) is 0 Å². The minimum absolute atomic E-state index is 0.0594. The van der Waals surface area contributed by atoms with Crippen molar-refractivity contribution in [3.63, 3.8) is 0 Å². The third-order valence-electron chi connectivity index (χ3n) is 2.10. The maximum Gasteiger partial charge on any atom is 0.265 e. The van der Waals surface area contributed by atoms with Crippen molar-refractivity contribution in [1.29, 1.82) is 0 Å². The molecule has 1 N–H and O–H groups in total. The first-order valence-corrected chi connectivity index (χ1v) is 4.35. The van der Waals surface area contributed by atoms with Gasteiger partial charge in [0.2, 0.25) is 0 Å². The maximum atomic E-state index is 11.7. The number of aldehydes is 1. The number of hydrogen-bond donors (Lipinski definition) is 1. The van der Waals surface area contributed by atoms with Crippen molar-refractivity contribution in [2.45, 2.75) is 6.54 Å². The molecule has 1 heterocycles. The van der Waals surface area contributed by atoms with Gasteiger partial charge in [-0.05, 0) is 12.1 Å². The van der Waals surface area contributed by atoms with Gasteiger partial charge in [-0.3, -0.25) is 9.36 Å². The van der Waals surface area contributed by atoms with Gasteiger partial charge in [0.25, 0.3) is 5.56 Å². The summed E-state index contributed by atoms with van der Waals surface area (Å²) in [7, 11) is 0. The van der Waals surface area contributed by atoms with E-state index in [4.69, 9.17) is 0 Å². The van der Waals surface area contributed by atoms with Crippen molar-refractivity contribution in [2.75, 3.05) is 0 Å². The van der Waals surface area contributed by atoms with Crippen molar-refractivity contribution in [3.05, 3.63) is 34.9 Å². The van der Waals surface area contributed by atoms with E-state index in [1.54, 1.807) is 12.1 Å². The number of benzene rings is 1. The van der Waals surface area contributed by atoms with Gasteiger partial charge in [0.05, 0.1) is 18.4 Å². The number of hydrogen-bond acceptors (Lipinski definition) is 4. The van der Waals surface area contributed by atoms with Gasteiger partial charge in [0, 0.05) is 0 Å². The van der Waals surface area contributed by atoms with E-state index in [0.29, 0.717) is 11.8 Å². The van der Waals surface area contributed by atoms with Crippen LogP contribution >= 0.6 is 0 Å². The third kappa shape index (κ3) is 1.48. The molecule has 5 nitrogen and oxygen atoms in total. The van der Waals surface area contributed by atoms with E-state index >= 15 is 0 Å². The summed E-state index contributed by atoms with van der Waals surface area (Å²) in [6, 6.07) is 4.65. The molecule has 2 rings (SSSR count). The molecule has 0 bridgehead atoms. The molecule has 15 heavy (non-hydrogen) atoms. The molecule has 0 aliphatic rings. The molecule has 5 heteroatoms. The molecule has 0 atom stereocenters. The SMILES string of the molecule is O=CCn1cnc2cccc(O)c2c1=O. The predicted molar refractivity (Wildman–Crippen MR) is 53.7 cm³/mol. The van der Waals surface area contributed by atoms with Crippen LogP contribution < -0.4 is 5.56 Å². The summed E-state index contributed by atoms with van der Waals surface area (Å²) >= 11 is 0. The Morgan fingerprint density at radius 1 is 1.47 bits per heavy atom. The van der Waals surface area contributed by atoms with Gasteiger partial charge in [-0.15, -0.1) is 0 Å². The van der Waals surface area contributed by atoms with Gasteiger partial charge in [0.1, 0.15) is 17.4 Å². The number of carbonyl (C=O) groups is 1. The molecule has 2 aromatic rings. The lowest BCUT2D eigenvalue weighted by atomic mass is 10.2.